The van der Waals surface area contributed by atoms with Crippen molar-refractivity contribution in [3.8, 4) is 6.07 Å². The smallest absolute Gasteiger partial charge is 0.410 e. The first kappa shape index (κ1) is 18.6. The average molecular weight is 351 g/mol. The fourth-order valence-corrected chi connectivity index (χ4v) is 3.09. The van der Waals surface area contributed by atoms with E-state index in [1.54, 1.807) is 29.2 Å². The highest BCUT2D eigenvalue weighted by Gasteiger charge is 2.44. The van der Waals surface area contributed by atoms with Crippen LogP contribution in [-0.2, 0) is 4.74 Å². The Bertz CT molecular complexity index is 640. The van der Waals surface area contributed by atoms with Crippen LogP contribution in [0.25, 0.3) is 0 Å². The highest BCUT2D eigenvalue weighted by atomic mass is 35.5. The number of rotatable bonds is 2. The lowest BCUT2D eigenvalue weighted by atomic mass is 9.73. The van der Waals surface area contributed by atoms with Gasteiger partial charge in [0, 0.05) is 23.7 Å². The Balaban J connectivity index is 2.11. The van der Waals surface area contributed by atoms with Crippen LogP contribution < -0.4 is 0 Å². The van der Waals surface area contributed by atoms with Gasteiger partial charge in [-0.25, -0.2) is 4.79 Å². The van der Waals surface area contributed by atoms with Gasteiger partial charge >= 0.3 is 6.09 Å². The molecule has 0 bridgehead atoms. The Labute approximate surface area is 147 Å². The number of hydrogen-bond acceptors (Lipinski definition) is 4. The molecule has 1 aliphatic heterocycles. The number of hydrogen-bond donors (Lipinski definition) is 1. The third-order valence-corrected chi connectivity index (χ3v) is 4.60. The van der Waals surface area contributed by atoms with Crippen LogP contribution in [-0.4, -0.2) is 34.8 Å². The predicted octanol–water partition coefficient (Wildman–Crippen LogP) is 3.91. The van der Waals surface area contributed by atoms with Crippen molar-refractivity contribution in [3.05, 3.63) is 34.9 Å². The maximum absolute atomic E-state index is 12.1. The monoisotopic (exact) mass is 350 g/mol. The number of aliphatic hydroxyl groups excluding tert-OH is 1. The number of piperidine rings is 1. The molecule has 0 aromatic heterocycles. The zero-order valence-corrected chi connectivity index (χ0v) is 15.0. The molecule has 1 aromatic rings. The third-order valence-electron chi connectivity index (χ3n) is 4.25. The second kappa shape index (κ2) is 7.00. The number of nitriles is 1. The summed E-state index contributed by atoms with van der Waals surface area (Å²) in [6, 6.07) is 9.25. The van der Waals surface area contributed by atoms with Gasteiger partial charge in [0.15, 0.2) is 0 Å². The van der Waals surface area contributed by atoms with Crippen molar-refractivity contribution in [1.82, 2.24) is 4.90 Å². The second-order valence-corrected chi connectivity index (χ2v) is 7.57. The molecule has 24 heavy (non-hydrogen) atoms. The van der Waals surface area contributed by atoms with Gasteiger partial charge in [-0.1, -0.05) is 29.8 Å². The van der Waals surface area contributed by atoms with E-state index in [4.69, 9.17) is 16.3 Å². The minimum absolute atomic E-state index is 0.365. The molecule has 1 aromatic carbocycles. The average Bonchev–Trinajstić information content (AvgIpc) is 2.53. The fourth-order valence-electron chi connectivity index (χ4n) is 2.86. The SMILES string of the molecule is CC(C)(C)OC(=O)N1CCC(C#N)(C(O)c2ccccc2Cl)CC1. The number of amides is 1. The Hall–Kier alpha value is -1.77. The van der Waals surface area contributed by atoms with E-state index in [1.165, 1.54) is 0 Å². The summed E-state index contributed by atoms with van der Waals surface area (Å²) in [7, 11) is 0. The quantitative estimate of drug-likeness (QED) is 0.877. The number of aliphatic hydroxyl groups is 1. The van der Waals surface area contributed by atoms with Crippen LogP contribution in [0.1, 0.15) is 45.3 Å². The number of likely N-dealkylation sites (tertiary alicyclic amines) is 1. The summed E-state index contributed by atoms with van der Waals surface area (Å²) in [6.45, 7) is 6.18. The molecule has 130 valence electrons. The highest BCUT2D eigenvalue weighted by Crippen LogP contribution is 2.44. The van der Waals surface area contributed by atoms with Crippen molar-refractivity contribution < 1.29 is 14.6 Å². The Morgan fingerprint density at radius 2 is 1.96 bits per heavy atom. The summed E-state index contributed by atoms with van der Waals surface area (Å²) in [5.74, 6) is 0. The molecule has 1 fully saturated rings. The van der Waals surface area contributed by atoms with E-state index in [-0.39, 0.29) is 6.09 Å². The lowest BCUT2D eigenvalue weighted by molar-refractivity contribution is -0.0100. The van der Waals surface area contributed by atoms with E-state index < -0.39 is 17.1 Å². The molecule has 1 amide bonds. The molecule has 6 heteroatoms. The molecule has 5 nitrogen and oxygen atoms in total. The molecule has 1 atom stereocenters. The van der Waals surface area contributed by atoms with Gasteiger partial charge in [0.1, 0.15) is 5.60 Å². The molecule has 0 aliphatic carbocycles. The maximum Gasteiger partial charge on any atom is 0.410 e. The lowest BCUT2D eigenvalue weighted by Crippen LogP contribution is -2.46. The first-order chi connectivity index (χ1) is 11.2. The molecule has 1 heterocycles. The highest BCUT2D eigenvalue weighted by molar-refractivity contribution is 6.31. The second-order valence-electron chi connectivity index (χ2n) is 7.16. The van der Waals surface area contributed by atoms with E-state index in [9.17, 15) is 15.2 Å². The summed E-state index contributed by atoms with van der Waals surface area (Å²) >= 11 is 6.16. The van der Waals surface area contributed by atoms with Crippen LogP contribution in [0.4, 0.5) is 4.79 Å². The largest absolute Gasteiger partial charge is 0.444 e. The van der Waals surface area contributed by atoms with E-state index in [0.29, 0.717) is 36.5 Å². The lowest BCUT2D eigenvalue weighted by Gasteiger charge is -2.40. The van der Waals surface area contributed by atoms with Crippen molar-refractivity contribution in [2.75, 3.05) is 13.1 Å². The van der Waals surface area contributed by atoms with Crippen molar-refractivity contribution in [2.24, 2.45) is 5.41 Å². The standard InChI is InChI=1S/C18H23ClN2O3/c1-17(2,3)24-16(23)21-10-8-18(12-20,9-11-21)15(22)13-6-4-5-7-14(13)19/h4-7,15,22H,8-11H2,1-3H3. The molecule has 1 aliphatic rings. The summed E-state index contributed by atoms with van der Waals surface area (Å²) in [5.41, 5.74) is -0.965. The summed E-state index contributed by atoms with van der Waals surface area (Å²) in [5, 5.41) is 20.9. The summed E-state index contributed by atoms with van der Waals surface area (Å²) < 4.78 is 5.36. The van der Waals surface area contributed by atoms with E-state index in [1.807, 2.05) is 20.8 Å². The molecule has 0 radical (unpaired) electrons. The van der Waals surface area contributed by atoms with Gasteiger partial charge in [0.2, 0.25) is 0 Å². The number of carbonyl (C=O) groups is 1. The molecule has 1 saturated heterocycles. The molecule has 0 saturated carbocycles. The van der Waals surface area contributed by atoms with Crippen LogP contribution in [0.15, 0.2) is 24.3 Å². The van der Waals surface area contributed by atoms with Gasteiger partial charge in [-0.05, 0) is 39.7 Å². The predicted molar refractivity (Wildman–Crippen MR) is 91.5 cm³/mol. The fraction of sp³-hybridized carbons (Fsp3) is 0.556. The van der Waals surface area contributed by atoms with Crippen LogP contribution in [0.2, 0.25) is 5.02 Å². The number of benzene rings is 1. The van der Waals surface area contributed by atoms with Crippen LogP contribution in [0.5, 0.6) is 0 Å². The van der Waals surface area contributed by atoms with Gasteiger partial charge in [0.05, 0.1) is 17.6 Å². The maximum atomic E-state index is 12.1. The Morgan fingerprint density at radius 3 is 2.46 bits per heavy atom. The Morgan fingerprint density at radius 1 is 1.38 bits per heavy atom. The van der Waals surface area contributed by atoms with E-state index >= 15 is 0 Å². The molecule has 1 N–H and O–H groups in total. The number of nitrogens with zero attached hydrogens (tertiary/aromatic N) is 2. The van der Waals surface area contributed by atoms with Crippen molar-refractivity contribution in [1.29, 1.82) is 5.26 Å². The first-order valence-electron chi connectivity index (χ1n) is 8.00. The minimum atomic E-state index is -0.989. The van der Waals surface area contributed by atoms with Crippen molar-refractivity contribution >= 4 is 17.7 Å². The molecule has 2 rings (SSSR count). The number of halogens is 1. The van der Waals surface area contributed by atoms with Crippen LogP contribution >= 0.6 is 11.6 Å². The van der Waals surface area contributed by atoms with E-state index in [0.717, 1.165) is 0 Å². The zero-order valence-electron chi connectivity index (χ0n) is 14.3. The molecular weight excluding hydrogens is 328 g/mol. The van der Waals surface area contributed by atoms with Gasteiger partial charge in [0.25, 0.3) is 0 Å². The topological polar surface area (TPSA) is 73.6 Å². The van der Waals surface area contributed by atoms with Gasteiger partial charge in [-0.15, -0.1) is 0 Å². The van der Waals surface area contributed by atoms with E-state index in [2.05, 4.69) is 6.07 Å². The summed E-state index contributed by atoms with van der Waals surface area (Å²) in [6.07, 6.45) is -0.636. The number of ether oxygens (including phenoxy) is 1. The van der Waals surface area contributed by atoms with Crippen LogP contribution in [0.3, 0.4) is 0 Å². The molecule has 1 unspecified atom stereocenters. The van der Waals surface area contributed by atoms with Crippen molar-refractivity contribution in [2.45, 2.75) is 45.3 Å². The molecule has 0 spiro atoms. The van der Waals surface area contributed by atoms with Gasteiger partial charge in [-0.2, -0.15) is 5.26 Å². The third kappa shape index (κ3) is 4.00. The van der Waals surface area contributed by atoms with Crippen LogP contribution in [0, 0.1) is 16.7 Å². The van der Waals surface area contributed by atoms with Gasteiger partial charge in [-0.3, -0.25) is 0 Å². The first-order valence-corrected chi connectivity index (χ1v) is 8.38. The number of carbonyl (C=O) groups excluding carboxylic acids is 1. The van der Waals surface area contributed by atoms with Gasteiger partial charge < -0.3 is 14.7 Å². The summed E-state index contributed by atoms with van der Waals surface area (Å²) in [4.78, 5) is 13.7. The normalized spacial score (nSPS) is 18.6. The molecular formula is C18H23ClN2O3. The zero-order chi connectivity index (χ0) is 18.0. The van der Waals surface area contributed by atoms with Crippen molar-refractivity contribution in [3.63, 3.8) is 0 Å². The Kier molecular flexibility index (Phi) is 5.42. The minimum Gasteiger partial charge on any atom is -0.444 e.